The number of methoxy groups -OCH3 is 1. The topological polar surface area (TPSA) is 41.5 Å². The van der Waals surface area contributed by atoms with Crippen molar-refractivity contribution in [3.05, 3.63) is 29.6 Å². The van der Waals surface area contributed by atoms with Crippen LogP contribution in [0.15, 0.2) is 18.2 Å². The first kappa shape index (κ1) is 13.9. The summed E-state index contributed by atoms with van der Waals surface area (Å²) in [6.07, 6.45) is 0.845. The molecule has 0 aromatic heterocycles. The Labute approximate surface area is 102 Å². The van der Waals surface area contributed by atoms with Gasteiger partial charge in [-0.3, -0.25) is 0 Å². The van der Waals surface area contributed by atoms with Crippen LogP contribution < -0.4 is 10.1 Å². The Morgan fingerprint density at radius 1 is 1.47 bits per heavy atom. The molecule has 0 spiro atoms. The van der Waals surface area contributed by atoms with Gasteiger partial charge in [-0.15, -0.1) is 0 Å². The van der Waals surface area contributed by atoms with Crippen molar-refractivity contribution < 1.29 is 14.2 Å². The van der Waals surface area contributed by atoms with Crippen LogP contribution in [0.3, 0.4) is 0 Å². The van der Waals surface area contributed by atoms with Crippen LogP contribution in [-0.2, 0) is 6.42 Å². The van der Waals surface area contributed by atoms with E-state index in [0.29, 0.717) is 18.5 Å². The molecule has 0 aliphatic rings. The first-order valence-electron chi connectivity index (χ1n) is 5.68. The van der Waals surface area contributed by atoms with E-state index < -0.39 is 5.60 Å². The maximum atomic E-state index is 13.9. The second kappa shape index (κ2) is 5.98. The molecular formula is C13H20FNO2. The molecule has 1 unspecified atom stereocenters. The van der Waals surface area contributed by atoms with Crippen molar-refractivity contribution in [3.8, 4) is 5.75 Å². The Bertz CT molecular complexity index is 366. The highest BCUT2D eigenvalue weighted by molar-refractivity contribution is 5.31. The Morgan fingerprint density at radius 3 is 2.76 bits per heavy atom. The van der Waals surface area contributed by atoms with Crippen LogP contribution in [0, 0.1) is 5.82 Å². The van der Waals surface area contributed by atoms with Crippen LogP contribution in [0.1, 0.15) is 18.9 Å². The third kappa shape index (κ3) is 3.98. The number of hydrogen-bond donors (Lipinski definition) is 2. The largest absolute Gasteiger partial charge is 0.494 e. The number of aliphatic hydroxyl groups is 1. The second-order valence-electron chi connectivity index (χ2n) is 4.46. The Morgan fingerprint density at radius 2 is 2.18 bits per heavy atom. The van der Waals surface area contributed by atoms with Gasteiger partial charge in [-0.2, -0.15) is 0 Å². The summed E-state index contributed by atoms with van der Waals surface area (Å²) in [5, 5.41) is 13.1. The van der Waals surface area contributed by atoms with Crippen LogP contribution in [-0.4, -0.2) is 31.4 Å². The van der Waals surface area contributed by atoms with Crippen LogP contribution in [0.25, 0.3) is 0 Å². The standard InChI is InChI=1S/C13H20FNO2/c1-13(16,7-8-15-2)9-10-5-4-6-11(17-3)12(10)14/h4-6,15-16H,7-9H2,1-3H3. The Hall–Kier alpha value is -1.13. The van der Waals surface area contributed by atoms with Crippen molar-refractivity contribution >= 4 is 0 Å². The first-order valence-corrected chi connectivity index (χ1v) is 5.68. The number of nitrogens with one attached hydrogen (secondary N) is 1. The minimum Gasteiger partial charge on any atom is -0.494 e. The SMILES string of the molecule is CNCCC(C)(O)Cc1cccc(OC)c1F. The molecule has 0 saturated carbocycles. The minimum absolute atomic E-state index is 0.215. The fraction of sp³-hybridized carbons (Fsp3) is 0.538. The van der Waals surface area contributed by atoms with Gasteiger partial charge in [0.15, 0.2) is 11.6 Å². The third-order valence-corrected chi connectivity index (χ3v) is 2.75. The van der Waals surface area contributed by atoms with Crippen LogP contribution in [0.2, 0.25) is 0 Å². The average molecular weight is 241 g/mol. The average Bonchev–Trinajstić information content (AvgIpc) is 2.29. The van der Waals surface area contributed by atoms with Crippen LogP contribution in [0.4, 0.5) is 4.39 Å². The lowest BCUT2D eigenvalue weighted by molar-refractivity contribution is 0.0511. The summed E-state index contributed by atoms with van der Waals surface area (Å²) in [6.45, 7) is 2.40. The van der Waals surface area contributed by atoms with E-state index in [2.05, 4.69) is 5.32 Å². The van der Waals surface area contributed by atoms with Crippen LogP contribution >= 0.6 is 0 Å². The lowest BCUT2D eigenvalue weighted by Crippen LogP contribution is -2.31. The summed E-state index contributed by atoms with van der Waals surface area (Å²) in [7, 11) is 3.25. The molecule has 4 heteroatoms. The molecule has 0 radical (unpaired) electrons. The van der Waals surface area contributed by atoms with Crippen molar-refractivity contribution in [1.82, 2.24) is 5.32 Å². The zero-order chi connectivity index (χ0) is 12.9. The van der Waals surface area contributed by atoms with Gasteiger partial charge in [-0.05, 0) is 38.6 Å². The summed E-state index contributed by atoms with van der Waals surface area (Å²) in [4.78, 5) is 0. The summed E-state index contributed by atoms with van der Waals surface area (Å²) in [5.74, 6) is -0.174. The molecule has 96 valence electrons. The van der Waals surface area contributed by atoms with Gasteiger partial charge in [0.05, 0.1) is 12.7 Å². The van der Waals surface area contributed by atoms with Crippen LogP contribution in [0.5, 0.6) is 5.75 Å². The molecule has 1 aromatic rings. The van der Waals surface area contributed by atoms with Gasteiger partial charge >= 0.3 is 0 Å². The zero-order valence-electron chi connectivity index (χ0n) is 10.6. The highest BCUT2D eigenvalue weighted by Crippen LogP contribution is 2.24. The number of rotatable bonds is 6. The lowest BCUT2D eigenvalue weighted by atomic mass is 9.93. The first-order chi connectivity index (χ1) is 8.00. The molecule has 0 saturated heterocycles. The predicted octanol–water partition coefficient (Wildman–Crippen LogP) is 1.74. The van der Waals surface area contributed by atoms with Crippen molar-refractivity contribution in [2.75, 3.05) is 20.7 Å². The van der Waals surface area contributed by atoms with E-state index in [4.69, 9.17) is 4.74 Å². The molecule has 0 heterocycles. The highest BCUT2D eigenvalue weighted by Gasteiger charge is 2.22. The fourth-order valence-electron chi connectivity index (χ4n) is 1.74. The maximum absolute atomic E-state index is 13.9. The number of hydrogen-bond acceptors (Lipinski definition) is 3. The Balaban J connectivity index is 2.80. The number of ether oxygens (including phenoxy) is 1. The monoisotopic (exact) mass is 241 g/mol. The Kier molecular flexibility index (Phi) is 4.90. The fourth-order valence-corrected chi connectivity index (χ4v) is 1.74. The number of halogens is 1. The van der Waals surface area contributed by atoms with Gasteiger partial charge < -0.3 is 15.2 Å². The van der Waals surface area contributed by atoms with Crippen molar-refractivity contribution in [1.29, 1.82) is 0 Å². The molecule has 17 heavy (non-hydrogen) atoms. The van der Waals surface area contributed by atoms with E-state index in [-0.39, 0.29) is 18.0 Å². The molecule has 1 rings (SSSR count). The van der Waals surface area contributed by atoms with E-state index in [1.165, 1.54) is 7.11 Å². The molecule has 0 aliphatic heterocycles. The van der Waals surface area contributed by atoms with Gasteiger partial charge in [-0.25, -0.2) is 4.39 Å². The van der Waals surface area contributed by atoms with E-state index in [9.17, 15) is 9.50 Å². The van der Waals surface area contributed by atoms with Crippen molar-refractivity contribution in [3.63, 3.8) is 0 Å². The van der Waals surface area contributed by atoms with Gasteiger partial charge in [0.25, 0.3) is 0 Å². The summed E-state index contributed by atoms with van der Waals surface area (Å²) in [5.41, 5.74) is -0.443. The van der Waals surface area contributed by atoms with Crippen molar-refractivity contribution in [2.24, 2.45) is 0 Å². The summed E-state index contributed by atoms with van der Waals surface area (Å²) >= 11 is 0. The minimum atomic E-state index is -0.920. The summed E-state index contributed by atoms with van der Waals surface area (Å²) < 4.78 is 18.8. The van der Waals surface area contributed by atoms with Gasteiger partial charge in [0.1, 0.15) is 0 Å². The molecule has 0 aliphatic carbocycles. The molecule has 1 atom stereocenters. The quantitative estimate of drug-likeness (QED) is 0.797. The van der Waals surface area contributed by atoms with E-state index in [1.54, 1.807) is 25.1 Å². The molecule has 2 N–H and O–H groups in total. The van der Waals surface area contributed by atoms with Crippen molar-refractivity contribution in [2.45, 2.75) is 25.4 Å². The zero-order valence-corrected chi connectivity index (χ0v) is 10.6. The number of benzene rings is 1. The maximum Gasteiger partial charge on any atom is 0.168 e. The normalized spacial score (nSPS) is 14.4. The molecule has 3 nitrogen and oxygen atoms in total. The molecule has 0 amide bonds. The summed E-state index contributed by atoms with van der Waals surface area (Å²) in [6, 6.07) is 4.97. The molecule has 1 aromatic carbocycles. The molecule has 0 bridgehead atoms. The highest BCUT2D eigenvalue weighted by atomic mass is 19.1. The van der Waals surface area contributed by atoms with Gasteiger partial charge in [-0.1, -0.05) is 12.1 Å². The second-order valence-corrected chi connectivity index (χ2v) is 4.46. The van der Waals surface area contributed by atoms with Gasteiger partial charge in [0, 0.05) is 6.42 Å². The van der Waals surface area contributed by atoms with Gasteiger partial charge in [0.2, 0.25) is 0 Å². The lowest BCUT2D eigenvalue weighted by Gasteiger charge is -2.23. The molecular weight excluding hydrogens is 221 g/mol. The molecule has 0 fully saturated rings. The predicted molar refractivity (Wildman–Crippen MR) is 65.8 cm³/mol. The third-order valence-electron chi connectivity index (χ3n) is 2.75. The van der Waals surface area contributed by atoms with E-state index in [0.717, 1.165) is 0 Å². The van der Waals surface area contributed by atoms with E-state index in [1.807, 2.05) is 7.05 Å². The van der Waals surface area contributed by atoms with E-state index >= 15 is 0 Å². The smallest absolute Gasteiger partial charge is 0.168 e.